The maximum atomic E-state index is 11.7. The lowest BCUT2D eigenvalue weighted by atomic mass is 9.88. The number of Topliss-reactive ketones (excluding diaryl/α,β-unsaturated/α-hetero) is 1. The standard InChI is InChI=1S/C14H20O4/c1-14(2)17-9-11(10-6-4-3-5-7-10)13(18-14)12(16)8-15/h8,13H,3-7,9H2,1-2H3. The summed E-state index contributed by atoms with van der Waals surface area (Å²) in [6.07, 6.45) is 5.12. The number of allylic oxidation sites excluding steroid dienone is 1. The molecule has 1 atom stereocenters. The third kappa shape index (κ3) is 2.87. The molecule has 2 fully saturated rings. The Morgan fingerprint density at radius 2 is 1.94 bits per heavy atom. The summed E-state index contributed by atoms with van der Waals surface area (Å²) in [5.41, 5.74) is 2.13. The number of carbonyl (C=O) groups is 2. The van der Waals surface area contributed by atoms with Crippen molar-refractivity contribution in [3.63, 3.8) is 0 Å². The van der Waals surface area contributed by atoms with Gasteiger partial charge in [0, 0.05) is 0 Å². The van der Waals surface area contributed by atoms with E-state index in [1.807, 2.05) is 0 Å². The van der Waals surface area contributed by atoms with Gasteiger partial charge in [-0.05, 0) is 45.1 Å². The van der Waals surface area contributed by atoms with Crippen molar-refractivity contribution >= 4 is 12.1 Å². The van der Waals surface area contributed by atoms with Crippen LogP contribution in [0.1, 0.15) is 46.0 Å². The summed E-state index contributed by atoms with van der Waals surface area (Å²) in [5, 5.41) is 0. The van der Waals surface area contributed by atoms with Gasteiger partial charge < -0.3 is 9.47 Å². The van der Waals surface area contributed by atoms with Gasteiger partial charge in [-0.3, -0.25) is 9.59 Å². The van der Waals surface area contributed by atoms with Crippen LogP contribution < -0.4 is 0 Å². The Bertz CT molecular complexity index is 373. The van der Waals surface area contributed by atoms with Gasteiger partial charge in [-0.1, -0.05) is 12.0 Å². The number of carbonyl (C=O) groups excluding carboxylic acids is 2. The van der Waals surface area contributed by atoms with E-state index in [9.17, 15) is 9.59 Å². The molecule has 1 unspecified atom stereocenters. The van der Waals surface area contributed by atoms with Crippen molar-refractivity contribution in [1.82, 2.24) is 0 Å². The molecule has 1 aliphatic heterocycles. The van der Waals surface area contributed by atoms with Gasteiger partial charge in [0.2, 0.25) is 5.78 Å². The molecule has 2 rings (SSSR count). The first-order valence-corrected chi connectivity index (χ1v) is 6.55. The van der Waals surface area contributed by atoms with Gasteiger partial charge in [-0.25, -0.2) is 0 Å². The number of ether oxygens (including phenoxy) is 2. The van der Waals surface area contributed by atoms with E-state index in [1.54, 1.807) is 13.8 Å². The summed E-state index contributed by atoms with van der Waals surface area (Å²) in [7, 11) is 0. The van der Waals surface area contributed by atoms with Gasteiger partial charge in [0.05, 0.1) is 6.61 Å². The van der Waals surface area contributed by atoms with Crippen molar-refractivity contribution < 1.29 is 19.1 Å². The van der Waals surface area contributed by atoms with Gasteiger partial charge >= 0.3 is 0 Å². The quantitative estimate of drug-likeness (QED) is 0.429. The molecule has 4 nitrogen and oxygen atoms in total. The number of hydrogen-bond donors (Lipinski definition) is 0. The van der Waals surface area contributed by atoms with Crippen LogP contribution in [0.15, 0.2) is 11.1 Å². The van der Waals surface area contributed by atoms with Gasteiger partial charge in [-0.15, -0.1) is 0 Å². The highest BCUT2D eigenvalue weighted by atomic mass is 16.7. The number of aldehydes is 1. The average molecular weight is 252 g/mol. The summed E-state index contributed by atoms with van der Waals surface area (Å²) >= 11 is 0. The highest BCUT2D eigenvalue weighted by Crippen LogP contribution is 2.33. The van der Waals surface area contributed by atoms with Crippen LogP contribution in [0.25, 0.3) is 0 Å². The topological polar surface area (TPSA) is 52.6 Å². The molecule has 0 amide bonds. The smallest absolute Gasteiger partial charge is 0.228 e. The molecule has 1 aliphatic carbocycles. The third-order valence-electron chi connectivity index (χ3n) is 3.58. The molecule has 0 aromatic heterocycles. The predicted octanol–water partition coefficient (Wildman–Crippen LogP) is 2.17. The zero-order valence-corrected chi connectivity index (χ0v) is 11.0. The lowest BCUT2D eigenvalue weighted by molar-refractivity contribution is -0.247. The normalized spacial score (nSPS) is 28.0. The summed E-state index contributed by atoms with van der Waals surface area (Å²) in [5.74, 6) is -1.30. The van der Waals surface area contributed by atoms with Crippen LogP contribution in [0.5, 0.6) is 0 Å². The first-order valence-electron chi connectivity index (χ1n) is 6.55. The Morgan fingerprint density at radius 3 is 2.56 bits per heavy atom. The van der Waals surface area contributed by atoms with E-state index < -0.39 is 17.7 Å². The van der Waals surface area contributed by atoms with E-state index in [0.29, 0.717) is 12.9 Å². The molecule has 1 saturated heterocycles. The van der Waals surface area contributed by atoms with Crippen molar-refractivity contribution in [3.8, 4) is 0 Å². The molecule has 0 aromatic rings. The van der Waals surface area contributed by atoms with Crippen LogP contribution >= 0.6 is 0 Å². The van der Waals surface area contributed by atoms with Crippen molar-refractivity contribution in [2.24, 2.45) is 0 Å². The summed E-state index contributed by atoms with van der Waals surface area (Å²) < 4.78 is 11.2. The lowest BCUT2D eigenvalue weighted by Crippen LogP contribution is -2.46. The van der Waals surface area contributed by atoms with Crippen LogP contribution in [0.2, 0.25) is 0 Å². The predicted molar refractivity (Wildman–Crippen MR) is 66.1 cm³/mol. The molecule has 1 saturated carbocycles. The van der Waals surface area contributed by atoms with Crippen LogP contribution in [-0.4, -0.2) is 30.6 Å². The molecule has 0 aromatic carbocycles. The molecule has 100 valence electrons. The van der Waals surface area contributed by atoms with Crippen molar-refractivity contribution in [3.05, 3.63) is 11.1 Å². The van der Waals surface area contributed by atoms with E-state index in [4.69, 9.17) is 9.47 Å². The van der Waals surface area contributed by atoms with Gasteiger partial charge in [0.25, 0.3) is 0 Å². The second-order valence-electron chi connectivity index (χ2n) is 5.40. The Balaban J connectivity index is 2.26. The Hall–Kier alpha value is -1.00. The number of rotatable bonds is 2. The zero-order chi connectivity index (χ0) is 13.2. The molecule has 0 N–H and O–H groups in total. The highest BCUT2D eigenvalue weighted by molar-refractivity contribution is 6.28. The second-order valence-corrected chi connectivity index (χ2v) is 5.40. The molecule has 18 heavy (non-hydrogen) atoms. The van der Waals surface area contributed by atoms with Gasteiger partial charge in [0.1, 0.15) is 0 Å². The fourth-order valence-electron chi connectivity index (χ4n) is 2.59. The minimum absolute atomic E-state index is 0.357. The molecule has 0 spiro atoms. The molecule has 0 bridgehead atoms. The van der Waals surface area contributed by atoms with Gasteiger partial charge in [-0.2, -0.15) is 0 Å². The highest BCUT2D eigenvalue weighted by Gasteiger charge is 2.38. The van der Waals surface area contributed by atoms with Crippen LogP contribution in [0, 0.1) is 0 Å². The monoisotopic (exact) mass is 252 g/mol. The summed E-state index contributed by atoms with van der Waals surface area (Å²) in [6, 6.07) is 0. The number of hydrogen-bond acceptors (Lipinski definition) is 4. The molecule has 0 radical (unpaired) electrons. The molecule has 4 heteroatoms. The van der Waals surface area contributed by atoms with E-state index in [0.717, 1.165) is 31.3 Å². The Kier molecular flexibility index (Phi) is 3.97. The second kappa shape index (κ2) is 5.33. The van der Waals surface area contributed by atoms with Gasteiger partial charge in [0.15, 0.2) is 18.2 Å². The molecular weight excluding hydrogens is 232 g/mol. The lowest BCUT2D eigenvalue weighted by Gasteiger charge is -2.38. The first kappa shape index (κ1) is 13.4. The zero-order valence-electron chi connectivity index (χ0n) is 11.0. The van der Waals surface area contributed by atoms with E-state index in [1.165, 1.54) is 12.0 Å². The third-order valence-corrected chi connectivity index (χ3v) is 3.58. The van der Waals surface area contributed by atoms with Crippen LogP contribution in [-0.2, 0) is 19.1 Å². The minimum Gasteiger partial charge on any atom is -0.346 e. The molecule has 2 aliphatic rings. The molecule has 1 heterocycles. The largest absolute Gasteiger partial charge is 0.346 e. The Labute approximate surface area is 107 Å². The first-order chi connectivity index (χ1) is 8.53. The summed E-state index contributed by atoms with van der Waals surface area (Å²) in [4.78, 5) is 22.5. The fraction of sp³-hybridized carbons (Fsp3) is 0.714. The Morgan fingerprint density at radius 1 is 1.28 bits per heavy atom. The SMILES string of the molecule is CC1(C)OCC(=C2CCCCC2)C(C(=O)C=O)O1. The van der Waals surface area contributed by atoms with Crippen LogP contribution in [0.3, 0.4) is 0 Å². The maximum absolute atomic E-state index is 11.7. The number of ketones is 1. The van der Waals surface area contributed by atoms with Crippen molar-refractivity contribution in [2.45, 2.75) is 57.8 Å². The van der Waals surface area contributed by atoms with E-state index in [2.05, 4.69) is 0 Å². The van der Waals surface area contributed by atoms with E-state index >= 15 is 0 Å². The van der Waals surface area contributed by atoms with Crippen molar-refractivity contribution in [1.29, 1.82) is 0 Å². The minimum atomic E-state index is -0.804. The molecular formula is C14H20O4. The maximum Gasteiger partial charge on any atom is 0.228 e. The fourth-order valence-corrected chi connectivity index (χ4v) is 2.59. The van der Waals surface area contributed by atoms with Crippen LogP contribution in [0.4, 0.5) is 0 Å². The van der Waals surface area contributed by atoms with E-state index in [-0.39, 0.29) is 0 Å². The van der Waals surface area contributed by atoms with Crippen molar-refractivity contribution in [2.75, 3.05) is 6.61 Å². The average Bonchev–Trinajstić information content (AvgIpc) is 2.38. The summed E-state index contributed by atoms with van der Waals surface area (Å²) in [6.45, 7) is 3.92.